The molecule has 0 amide bonds. The van der Waals surface area contributed by atoms with Gasteiger partial charge in [-0.2, -0.15) is 0 Å². The van der Waals surface area contributed by atoms with Crippen LogP contribution < -0.4 is 0 Å². The average molecular weight is 339 g/mol. The van der Waals surface area contributed by atoms with Gasteiger partial charge in [0.05, 0.1) is 6.10 Å². The summed E-state index contributed by atoms with van der Waals surface area (Å²) in [5.41, 5.74) is 1.80. The second-order valence-electron chi connectivity index (χ2n) is 8.82. The Morgan fingerprint density at radius 3 is 1.74 bits per heavy atom. The average Bonchev–Trinajstić information content (AvgIpc) is 2.37. The molecule has 1 unspecified atom stereocenters. The highest BCUT2D eigenvalue weighted by atomic mass is 32.2. The zero-order valence-corrected chi connectivity index (χ0v) is 16.8. The Labute approximate surface area is 146 Å². The number of rotatable bonds is 5. The summed E-state index contributed by atoms with van der Waals surface area (Å²) in [4.78, 5) is 1.17. The smallest absolute Gasteiger partial charge is 0.123 e. The minimum atomic E-state index is -0.246. The number of aliphatic hydroxyl groups excluding tert-OH is 1. The van der Waals surface area contributed by atoms with E-state index in [1.54, 1.807) is 11.8 Å². The Morgan fingerprint density at radius 2 is 1.39 bits per heavy atom. The van der Waals surface area contributed by atoms with Crippen LogP contribution in [-0.4, -0.2) is 22.1 Å². The number of hydrogen-bond acceptors (Lipinski definition) is 3. The van der Waals surface area contributed by atoms with Crippen LogP contribution in [0.3, 0.4) is 0 Å². The zero-order chi connectivity index (χ0) is 18.0. The molecule has 0 heterocycles. The summed E-state index contributed by atoms with van der Waals surface area (Å²) in [6, 6.07) is 4.22. The molecule has 1 aromatic carbocycles. The minimum absolute atomic E-state index is 0.0991. The molecule has 2 N–H and O–H groups in total. The Balaban J connectivity index is 3.09. The number of thioether (sulfide) groups is 1. The molecule has 23 heavy (non-hydrogen) atoms. The highest BCUT2D eigenvalue weighted by Crippen LogP contribution is 2.41. The lowest BCUT2D eigenvalue weighted by atomic mass is 9.79. The normalized spacial score (nSPS) is 14.3. The lowest BCUT2D eigenvalue weighted by Crippen LogP contribution is -2.17. The number of phenolic OH excluding ortho intramolecular Hbond substituents is 1. The summed E-state index contributed by atoms with van der Waals surface area (Å²) in [5.74, 6) is 1.61. The molecule has 1 rings (SSSR count). The molecule has 0 aliphatic carbocycles. The summed E-state index contributed by atoms with van der Waals surface area (Å²) in [6.45, 7) is 16.9. The number of hydrogen-bond donors (Lipinski definition) is 2. The van der Waals surface area contributed by atoms with Crippen LogP contribution >= 0.6 is 11.8 Å². The molecular formula is C20H34O2S. The van der Waals surface area contributed by atoms with E-state index in [0.29, 0.717) is 11.7 Å². The van der Waals surface area contributed by atoms with E-state index in [1.807, 2.05) is 13.8 Å². The zero-order valence-electron chi connectivity index (χ0n) is 16.0. The van der Waals surface area contributed by atoms with Crippen LogP contribution in [0.25, 0.3) is 0 Å². The monoisotopic (exact) mass is 338 g/mol. The van der Waals surface area contributed by atoms with Crippen molar-refractivity contribution in [3.63, 3.8) is 0 Å². The van der Waals surface area contributed by atoms with Crippen molar-refractivity contribution in [3.05, 3.63) is 23.3 Å². The lowest BCUT2D eigenvalue weighted by Gasteiger charge is -2.28. The highest BCUT2D eigenvalue weighted by Gasteiger charge is 2.26. The second-order valence-corrected chi connectivity index (χ2v) is 9.98. The number of aliphatic hydroxyl groups is 1. The maximum atomic E-state index is 10.7. The quantitative estimate of drug-likeness (QED) is 0.698. The molecule has 2 nitrogen and oxygen atoms in total. The van der Waals surface area contributed by atoms with Crippen molar-refractivity contribution >= 4 is 11.8 Å². The summed E-state index contributed by atoms with van der Waals surface area (Å²) < 4.78 is 0. The van der Waals surface area contributed by atoms with Gasteiger partial charge in [-0.1, -0.05) is 55.4 Å². The van der Waals surface area contributed by atoms with E-state index in [4.69, 9.17) is 0 Å². The molecule has 0 saturated heterocycles. The Hall–Kier alpha value is -0.670. The fraction of sp³-hybridized carbons (Fsp3) is 0.700. The third-order valence-corrected chi connectivity index (χ3v) is 5.16. The van der Waals surface area contributed by atoms with Gasteiger partial charge in [0, 0.05) is 21.8 Å². The molecule has 0 fully saturated rings. The minimum Gasteiger partial charge on any atom is -0.507 e. The number of aromatic hydroxyl groups is 1. The summed E-state index contributed by atoms with van der Waals surface area (Å²) >= 11 is 1.76. The first-order valence-electron chi connectivity index (χ1n) is 8.53. The van der Waals surface area contributed by atoms with Crippen molar-refractivity contribution in [3.8, 4) is 5.75 Å². The third-order valence-electron chi connectivity index (χ3n) is 4.15. The standard InChI is InChI=1S/C20H34O2S/c1-13(2)17(21)9-10-23-14-11-15(19(3,4)5)18(22)16(12-14)20(6,7)8/h11-13,17,21-22H,9-10H2,1-8H3. The van der Waals surface area contributed by atoms with Gasteiger partial charge in [-0.3, -0.25) is 0 Å². The maximum absolute atomic E-state index is 10.7. The molecule has 0 aliphatic heterocycles. The van der Waals surface area contributed by atoms with Crippen LogP contribution in [0.4, 0.5) is 0 Å². The molecule has 0 bridgehead atoms. The first-order chi connectivity index (χ1) is 10.3. The van der Waals surface area contributed by atoms with Crippen molar-refractivity contribution in [2.24, 2.45) is 5.92 Å². The molecule has 0 aromatic heterocycles. The molecule has 1 aromatic rings. The predicted octanol–water partition coefficient (Wildman–Crippen LogP) is 5.49. The van der Waals surface area contributed by atoms with Gasteiger partial charge in [-0.25, -0.2) is 0 Å². The maximum Gasteiger partial charge on any atom is 0.123 e. The van der Waals surface area contributed by atoms with E-state index in [-0.39, 0.29) is 16.9 Å². The second kappa shape index (κ2) is 7.48. The van der Waals surface area contributed by atoms with Gasteiger partial charge in [0.2, 0.25) is 0 Å². The molecule has 0 radical (unpaired) electrons. The van der Waals surface area contributed by atoms with E-state index in [2.05, 4.69) is 53.7 Å². The SMILES string of the molecule is CC(C)C(O)CCSc1cc(C(C)(C)C)c(O)c(C(C)(C)C)c1. The van der Waals surface area contributed by atoms with E-state index >= 15 is 0 Å². The van der Waals surface area contributed by atoms with E-state index in [9.17, 15) is 10.2 Å². The number of phenols is 1. The molecule has 0 aliphatic rings. The Kier molecular flexibility index (Phi) is 6.63. The van der Waals surface area contributed by atoms with Gasteiger partial charge in [0.1, 0.15) is 5.75 Å². The van der Waals surface area contributed by atoms with Crippen molar-refractivity contribution in [2.75, 3.05) is 5.75 Å². The lowest BCUT2D eigenvalue weighted by molar-refractivity contribution is 0.123. The van der Waals surface area contributed by atoms with Crippen LogP contribution in [0.1, 0.15) is 72.9 Å². The van der Waals surface area contributed by atoms with Gasteiger partial charge >= 0.3 is 0 Å². The van der Waals surface area contributed by atoms with Gasteiger partial charge < -0.3 is 10.2 Å². The van der Waals surface area contributed by atoms with Crippen molar-refractivity contribution in [1.82, 2.24) is 0 Å². The molecule has 132 valence electrons. The first-order valence-corrected chi connectivity index (χ1v) is 9.51. The van der Waals surface area contributed by atoms with Crippen molar-refractivity contribution in [2.45, 2.75) is 83.6 Å². The highest BCUT2D eigenvalue weighted by molar-refractivity contribution is 7.99. The Bertz CT molecular complexity index is 486. The largest absolute Gasteiger partial charge is 0.507 e. The summed E-state index contributed by atoms with van der Waals surface area (Å²) in [5, 5.41) is 20.7. The first kappa shape index (κ1) is 20.4. The fourth-order valence-corrected chi connectivity index (χ4v) is 3.46. The molecular weight excluding hydrogens is 304 g/mol. The third kappa shape index (κ3) is 5.72. The molecule has 0 saturated carbocycles. The van der Waals surface area contributed by atoms with E-state index in [1.165, 1.54) is 4.90 Å². The van der Waals surface area contributed by atoms with Crippen LogP contribution in [0.2, 0.25) is 0 Å². The van der Waals surface area contributed by atoms with Gasteiger partial charge in [0.25, 0.3) is 0 Å². The topological polar surface area (TPSA) is 40.5 Å². The molecule has 0 spiro atoms. The van der Waals surface area contributed by atoms with Crippen LogP contribution in [0, 0.1) is 5.92 Å². The number of benzene rings is 1. The summed E-state index contributed by atoms with van der Waals surface area (Å²) in [6.07, 6.45) is 0.544. The van der Waals surface area contributed by atoms with Gasteiger partial charge in [-0.15, -0.1) is 11.8 Å². The van der Waals surface area contributed by atoms with Crippen LogP contribution in [0.15, 0.2) is 17.0 Å². The fourth-order valence-electron chi connectivity index (χ4n) is 2.47. The summed E-state index contributed by atoms with van der Waals surface area (Å²) in [7, 11) is 0. The predicted molar refractivity (Wildman–Crippen MR) is 102 cm³/mol. The van der Waals surface area contributed by atoms with Crippen LogP contribution in [0.5, 0.6) is 5.75 Å². The van der Waals surface area contributed by atoms with Crippen LogP contribution in [-0.2, 0) is 10.8 Å². The van der Waals surface area contributed by atoms with Crippen molar-refractivity contribution in [1.29, 1.82) is 0 Å². The van der Waals surface area contributed by atoms with E-state index in [0.717, 1.165) is 23.3 Å². The van der Waals surface area contributed by atoms with Crippen molar-refractivity contribution < 1.29 is 10.2 Å². The Morgan fingerprint density at radius 1 is 0.957 bits per heavy atom. The molecule has 1 atom stereocenters. The van der Waals surface area contributed by atoms with E-state index < -0.39 is 0 Å². The van der Waals surface area contributed by atoms with Gasteiger partial charge in [0.15, 0.2) is 0 Å². The van der Waals surface area contributed by atoms with Gasteiger partial charge in [-0.05, 0) is 35.3 Å². The molecule has 3 heteroatoms.